The largest absolute Gasteiger partial charge is 0.488 e. The Morgan fingerprint density at radius 3 is 2.54 bits per heavy atom. The fourth-order valence-corrected chi connectivity index (χ4v) is 10.2. The monoisotopic (exact) mass is 878 g/mol. The molecule has 5 aromatic rings. The van der Waals surface area contributed by atoms with E-state index in [0.717, 1.165) is 69.1 Å². The number of carbonyl (C=O) groups is 4. The average molecular weight is 879 g/mol. The molecule has 334 valence electrons. The van der Waals surface area contributed by atoms with Gasteiger partial charge in [0.2, 0.25) is 5.91 Å². The number of rotatable bonds is 9. The van der Waals surface area contributed by atoms with E-state index in [0.29, 0.717) is 56.2 Å². The van der Waals surface area contributed by atoms with E-state index < -0.39 is 24.3 Å². The van der Waals surface area contributed by atoms with Crippen molar-refractivity contribution in [2.24, 2.45) is 11.8 Å². The smallest absolute Gasteiger partial charge is 0.407 e. The molecule has 4 N–H and O–H groups in total. The molecule has 5 aliphatic rings. The molecule has 0 spiro atoms. The minimum atomic E-state index is -0.943. The molecule has 2 saturated heterocycles. The number of hydrogen-bond acceptors (Lipinski definition) is 10. The van der Waals surface area contributed by atoms with E-state index in [1.807, 2.05) is 42.2 Å². The van der Waals surface area contributed by atoms with Crippen LogP contribution in [0, 0.1) is 23.7 Å². The normalized spacial score (nSPS) is 23.0. The van der Waals surface area contributed by atoms with E-state index in [-0.39, 0.29) is 41.8 Å². The molecule has 16 nitrogen and oxygen atoms in total. The predicted octanol–water partition coefficient (Wildman–Crippen LogP) is 6.17. The molecule has 1 unspecified atom stereocenters. The lowest BCUT2D eigenvalue weighted by Crippen LogP contribution is -2.52. The number of fused-ring (bicyclic) bond motifs is 7. The molecule has 2 aromatic heterocycles. The number of amides is 4. The van der Waals surface area contributed by atoms with Crippen molar-refractivity contribution in [1.29, 1.82) is 0 Å². The Morgan fingerprint density at radius 2 is 1.74 bits per heavy atom. The van der Waals surface area contributed by atoms with Gasteiger partial charge in [0.1, 0.15) is 36.1 Å². The first kappa shape index (κ1) is 41.9. The lowest BCUT2D eigenvalue weighted by Gasteiger charge is -2.30. The fraction of sp³-hybridized carbons (Fsp3) is 0.388. The van der Waals surface area contributed by atoms with E-state index in [1.54, 1.807) is 18.2 Å². The van der Waals surface area contributed by atoms with Crippen LogP contribution in [-0.4, -0.2) is 100 Å². The molecule has 0 saturated carbocycles. The Balaban J connectivity index is 0.898. The summed E-state index contributed by atoms with van der Waals surface area (Å²) in [6, 6.07) is 17.1. The summed E-state index contributed by atoms with van der Waals surface area (Å²) >= 11 is 0. The van der Waals surface area contributed by atoms with Gasteiger partial charge in [-0.05, 0) is 85.0 Å². The van der Waals surface area contributed by atoms with Crippen LogP contribution in [0.5, 0.6) is 5.75 Å². The highest BCUT2D eigenvalue weighted by Gasteiger charge is 2.45. The first-order chi connectivity index (χ1) is 31.6. The molecule has 0 radical (unpaired) electrons. The number of hydrogen-bond donors (Lipinski definition) is 4. The molecule has 16 heteroatoms. The van der Waals surface area contributed by atoms with Crippen molar-refractivity contribution >= 4 is 24.0 Å². The van der Waals surface area contributed by atoms with Gasteiger partial charge in [-0.25, -0.2) is 19.6 Å². The minimum absolute atomic E-state index is 0.0739. The Bertz CT molecular complexity index is 2760. The molecule has 6 heterocycles. The maximum Gasteiger partial charge on any atom is 0.407 e. The Morgan fingerprint density at radius 1 is 0.908 bits per heavy atom. The number of carbonyl (C=O) groups excluding carboxylic acids is 4. The molecule has 4 amide bonds. The van der Waals surface area contributed by atoms with E-state index in [2.05, 4.69) is 62.8 Å². The predicted molar refractivity (Wildman–Crippen MR) is 237 cm³/mol. The third kappa shape index (κ3) is 7.63. The van der Waals surface area contributed by atoms with E-state index >= 15 is 0 Å². The van der Waals surface area contributed by atoms with Crippen LogP contribution >= 0.6 is 0 Å². The highest BCUT2D eigenvalue weighted by Crippen LogP contribution is 2.46. The topological polar surface area (TPSA) is 193 Å². The number of nitrogens with one attached hydrogen (secondary N) is 4. The van der Waals surface area contributed by atoms with Crippen molar-refractivity contribution in [2.45, 2.75) is 75.8 Å². The van der Waals surface area contributed by atoms with Crippen molar-refractivity contribution in [2.75, 3.05) is 34.5 Å². The first-order valence-corrected chi connectivity index (χ1v) is 22.1. The van der Waals surface area contributed by atoms with Gasteiger partial charge >= 0.3 is 12.2 Å². The lowest BCUT2D eigenvalue weighted by atomic mass is 9.86. The molecule has 1 aliphatic carbocycles. The van der Waals surface area contributed by atoms with Crippen LogP contribution in [0.25, 0.3) is 33.6 Å². The zero-order valence-corrected chi connectivity index (χ0v) is 36.6. The van der Waals surface area contributed by atoms with Gasteiger partial charge in [-0.2, -0.15) is 0 Å². The van der Waals surface area contributed by atoms with Gasteiger partial charge in [0.25, 0.3) is 5.91 Å². The summed E-state index contributed by atoms with van der Waals surface area (Å²) in [5, 5.41) is 5.44. The molecular formula is C49H50N8O8. The SMILES string of the molecule is COC[C@H]1C[C@@H](c2nc3c([nH]2)CCc2cc4c(cc2-3)OCc2cc(-c3cnc([C@@H]5CC[C@@H]6C#CC(C)[C@H](NC(=O)OC)C(=O)N65)[nH]3)ccc2-4)N(C(=O)[C@H](NC(=O)OC)c2ccccc2)C1. The fourth-order valence-electron chi connectivity index (χ4n) is 10.2. The second kappa shape index (κ2) is 17.1. The molecule has 4 aliphatic heterocycles. The van der Waals surface area contributed by atoms with Crippen molar-refractivity contribution < 1.29 is 38.1 Å². The number of likely N-dealkylation sites (tertiary alicyclic amines) is 1. The third-order valence-electron chi connectivity index (χ3n) is 13.5. The highest BCUT2D eigenvalue weighted by molar-refractivity contribution is 5.89. The van der Waals surface area contributed by atoms with Crippen LogP contribution in [0.2, 0.25) is 0 Å². The number of benzene rings is 3. The summed E-state index contributed by atoms with van der Waals surface area (Å²) in [6.45, 7) is 3.13. The Hall–Kier alpha value is -7.12. The molecule has 2 fully saturated rings. The van der Waals surface area contributed by atoms with Crippen LogP contribution in [0.4, 0.5) is 9.59 Å². The number of alkyl carbamates (subject to hydrolysis) is 2. The summed E-state index contributed by atoms with van der Waals surface area (Å²) in [5.74, 6) is 7.81. The number of ether oxygens (including phenoxy) is 4. The highest BCUT2D eigenvalue weighted by atomic mass is 16.5. The molecule has 0 bridgehead atoms. The number of methoxy groups -OCH3 is 3. The zero-order valence-electron chi connectivity index (χ0n) is 36.6. The van der Waals surface area contributed by atoms with Crippen molar-refractivity contribution in [3.63, 3.8) is 0 Å². The molecule has 7 atom stereocenters. The van der Waals surface area contributed by atoms with Gasteiger partial charge in [-0.15, -0.1) is 0 Å². The van der Waals surface area contributed by atoms with E-state index in [1.165, 1.54) is 14.2 Å². The van der Waals surface area contributed by atoms with Crippen molar-refractivity contribution in [3.8, 4) is 51.2 Å². The lowest BCUT2D eigenvalue weighted by molar-refractivity contribution is -0.136. The van der Waals surface area contributed by atoms with Gasteiger partial charge in [-0.3, -0.25) is 9.59 Å². The van der Waals surface area contributed by atoms with Crippen LogP contribution in [0.3, 0.4) is 0 Å². The van der Waals surface area contributed by atoms with E-state index in [9.17, 15) is 19.2 Å². The van der Waals surface area contributed by atoms with Crippen molar-refractivity contribution in [3.05, 3.63) is 101 Å². The number of H-pyrrole nitrogens is 2. The Kier molecular flexibility index (Phi) is 11.0. The summed E-state index contributed by atoms with van der Waals surface area (Å²) in [6.07, 6.45) is 4.04. The summed E-state index contributed by atoms with van der Waals surface area (Å²) in [7, 11) is 4.22. The summed E-state index contributed by atoms with van der Waals surface area (Å²) in [5.41, 5.74) is 9.60. The summed E-state index contributed by atoms with van der Waals surface area (Å²) in [4.78, 5) is 73.6. The molecule has 65 heavy (non-hydrogen) atoms. The molecule has 3 aromatic carbocycles. The Labute approximate surface area is 375 Å². The number of aromatic nitrogens is 4. The van der Waals surface area contributed by atoms with Crippen molar-refractivity contribution in [1.82, 2.24) is 40.4 Å². The number of aryl methyl sites for hydroxylation is 2. The van der Waals surface area contributed by atoms with Crippen LogP contribution in [0.1, 0.15) is 78.3 Å². The number of nitrogens with zero attached hydrogens (tertiary/aromatic N) is 4. The average Bonchev–Trinajstić information content (AvgIpc) is 4.16. The quantitative estimate of drug-likeness (QED) is 0.125. The molecular weight excluding hydrogens is 829 g/mol. The van der Waals surface area contributed by atoms with Gasteiger partial charge in [0.05, 0.1) is 56.5 Å². The maximum absolute atomic E-state index is 14.4. The second-order valence-corrected chi connectivity index (χ2v) is 17.4. The maximum atomic E-state index is 14.4. The van der Waals surface area contributed by atoms with Crippen LogP contribution in [-0.2, 0) is 43.2 Å². The number of imidazole rings is 2. The summed E-state index contributed by atoms with van der Waals surface area (Å²) < 4.78 is 21.7. The van der Waals surface area contributed by atoms with Gasteiger partial charge in [-0.1, -0.05) is 54.3 Å². The van der Waals surface area contributed by atoms with E-state index in [4.69, 9.17) is 28.9 Å². The molecule has 10 rings (SSSR count). The standard InChI is InChI=1S/C49H50N8O8/c1-26-10-13-32-14-17-38(57(32)47(59)41(26)54-48(60)63-3)44-50-22-37(52-44)30-11-15-33-31(19-30)25-65-40-21-34-29(20-35(33)40)12-16-36-43(34)53-45(51-36)39-18-27(24-62-2)23-56(39)46(58)42(55-49(61)64-4)28-8-6-5-7-9-28/h5-9,11,15,19-22,26-27,32,38-39,41-42H,12,14,16-18,23-25H2,1-4H3,(H,50,52)(H,51,53)(H,54,60)(H,55,61)/t26?,27-,32-,38-,39-,41-,42+/m0/s1. The van der Waals surface area contributed by atoms with Crippen LogP contribution < -0.4 is 15.4 Å². The van der Waals surface area contributed by atoms with Gasteiger partial charge in [0, 0.05) is 42.3 Å². The zero-order chi connectivity index (χ0) is 44.9. The third-order valence-corrected chi connectivity index (χ3v) is 13.5. The first-order valence-electron chi connectivity index (χ1n) is 22.1. The van der Waals surface area contributed by atoms with Gasteiger partial charge < -0.3 is 49.3 Å². The number of aromatic amines is 2. The van der Waals surface area contributed by atoms with Gasteiger partial charge in [0.15, 0.2) is 0 Å². The van der Waals surface area contributed by atoms with Crippen LogP contribution in [0.15, 0.2) is 66.9 Å². The second-order valence-electron chi connectivity index (χ2n) is 17.4. The minimum Gasteiger partial charge on any atom is -0.488 e.